The zero-order valence-corrected chi connectivity index (χ0v) is 22.4. The minimum Gasteiger partial charge on any atom is -0.393 e. The molecule has 7 atom stereocenters. The Kier molecular flexibility index (Phi) is 5.94. The minimum atomic E-state index is -0.764. The Morgan fingerprint density at radius 2 is 1.76 bits per heavy atom. The second-order valence-corrected chi connectivity index (χ2v) is 14.0. The van der Waals surface area contributed by atoms with Crippen molar-refractivity contribution in [2.45, 2.75) is 118 Å². The molecule has 0 bridgehead atoms. The maximum absolute atomic E-state index is 13.9. The Morgan fingerprint density at radius 1 is 1.09 bits per heavy atom. The number of hydrogen-bond donors (Lipinski definition) is 2. The molecule has 0 radical (unpaired) electrons. The van der Waals surface area contributed by atoms with E-state index in [2.05, 4.69) is 47.6 Å². The first-order valence-corrected chi connectivity index (χ1v) is 13.4. The molecule has 1 unspecified atom stereocenters. The van der Waals surface area contributed by atoms with Crippen molar-refractivity contribution in [2.75, 3.05) is 0 Å². The molecule has 0 aliphatic heterocycles. The Morgan fingerprint density at radius 3 is 2.39 bits per heavy atom. The first-order valence-electron chi connectivity index (χ1n) is 13.4. The van der Waals surface area contributed by atoms with Gasteiger partial charge in [0.05, 0.1) is 11.7 Å². The summed E-state index contributed by atoms with van der Waals surface area (Å²) in [6.07, 6.45) is 11.7. The minimum absolute atomic E-state index is 0.0372. The van der Waals surface area contributed by atoms with Crippen molar-refractivity contribution in [2.24, 2.45) is 39.4 Å². The molecule has 33 heavy (non-hydrogen) atoms. The molecule has 0 amide bonds. The van der Waals surface area contributed by atoms with Crippen LogP contribution in [-0.4, -0.2) is 27.7 Å². The first-order chi connectivity index (χ1) is 15.1. The van der Waals surface area contributed by atoms with E-state index < -0.39 is 5.60 Å². The Balaban J connectivity index is 1.69. The molecule has 186 valence electrons. The smallest absolute Gasteiger partial charge is 0.159 e. The molecular weight excluding hydrogens is 408 g/mol. The second kappa shape index (κ2) is 7.79. The van der Waals surface area contributed by atoms with Gasteiger partial charge in [-0.25, -0.2) is 0 Å². The van der Waals surface area contributed by atoms with Crippen LogP contribution >= 0.6 is 0 Å². The van der Waals surface area contributed by atoms with Gasteiger partial charge in [0, 0.05) is 17.4 Å². The van der Waals surface area contributed by atoms with Gasteiger partial charge < -0.3 is 10.2 Å². The van der Waals surface area contributed by atoms with Crippen LogP contribution in [0.15, 0.2) is 23.3 Å². The van der Waals surface area contributed by atoms with Crippen molar-refractivity contribution in [1.82, 2.24) is 0 Å². The largest absolute Gasteiger partial charge is 0.393 e. The SMILES string of the molecule is C[C@H](C/C=C/C(C)(C)O)[C@@H]1CC[C@]2(C)C3=C(CC[C@@]12C)[C@@]1(C)CC[C@H](O)C(C)(C)C1CC3=O. The van der Waals surface area contributed by atoms with Gasteiger partial charge in [-0.3, -0.25) is 4.79 Å². The van der Waals surface area contributed by atoms with Crippen molar-refractivity contribution in [1.29, 1.82) is 0 Å². The molecule has 3 heteroatoms. The average molecular weight is 457 g/mol. The number of Topliss-reactive ketones (excluding diaryl/α,β-unsaturated/α-hetero) is 1. The summed E-state index contributed by atoms with van der Waals surface area (Å²) in [4.78, 5) is 13.9. The van der Waals surface area contributed by atoms with Crippen molar-refractivity contribution in [3.63, 3.8) is 0 Å². The quantitative estimate of drug-likeness (QED) is 0.467. The third-order valence-electron chi connectivity index (χ3n) is 11.3. The summed E-state index contributed by atoms with van der Waals surface area (Å²) in [5.74, 6) is 1.73. The molecule has 0 saturated heterocycles. The number of carbonyl (C=O) groups excluding carboxylic acids is 1. The molecule has 3 nitrogen and oxygen atoms in total. The number of ketones is 1. The van der Waals surface area contributed by atoms with Gasteiger partial charge in [0.1, 0.15) is 0 Å². The fourth-order valence-electron chi connectivity index (χ4n) is 9.04. The van der Waals surface area contributed by atoms with E-state index in [0.29, 0.717) is 24.0 Å². The number of hydrogen-bond acceptors (Lipinski definition) is 3. The summed E-state index contributed by atoms with van der Waals surface area (Å²) in [5, 5.41) is 20.8. The summed E-state index contributed by atoms with van der Waals surface area (Å²) in [5.41, 5.74) is 1.79. The number of rotatable bonds is 4. The van der Waals surface area contributed by atoms with E-state index in [0.717, 1.165) is 38.5 Å². The standard InChI is InChI=1S/C30H48O3/c1-19(10-9-14-26(2,3)33)20-11-17-30(8)25-21(12-16-29(20,30)7)28(6)15-13-24(32)27(4,5)23(28)18-22(25)31/h9,14,19-20,23-24,32-33H,10-13,15-18H2,1-8H3/b14-9+/t19-,20+,23?,24+,28-,29+,30-/m1/s1. The lowest BCUT2D eigenvalue weighted by atomic mass is 9.43. The van der Waals surface area contributed by atoms with Crippen molar-refractivity contribution in [3.8, 4) is 0 Å². The van der Waals surface area contributed by atoms with Gasteiger partial charge >= 0.3 is 0 Å². The van der Waals surface area contributed by atoms with Crippen LogP contribution in [0, 0.1) is 39.4 Å². The highest BCUT2D eigenvalue weighted by molar-refractivity contribution is 5.99. The van der Waals surface area contributed by atoms with Crippen LogP contribution in [0.4, 0.5) is 0 Å². The lowest BCUT2D eigenvalue weighted by Crippen LogP contribution is -2.57. The molecule has 0 aromatic rings. The molecular formula is C30H48O3. The molecule has 0 spiro atoms. The summed E-state index contributed by atoms with van der Waals surface area (Å²) >= 11 is 0. The van der Waals surface area contributed by atoms with Crippen LogP contribution in [0.1, 0.15) is 107 Å². The van der Waals surface area contributed by atoms with Gasteiger partial charge in [-0.05, 0) is 92.8 Å². The third-order valence-corrected chi connectivity index (χ3v) is 11.3. The van der Waals surface area contributed by atoms with E-state index in [1.807, 2.05) is 19.9 Å². The summed E-state index contributed by atoms with van der Waals surface area (Å²) < 4.78 is 0. The van der Waals surface area contributed by atoms with Crippen LogP contribution in [0.25, 0.3) is 0 Å². The van der Waals surface area contributed by atoms with Crippen LogP contribution < -0.4 is 0 Å². The van der Waals surface area contributed by atoms with Gasteiger partial charge in [-0.2, -0.15) is 0 Å². The van der Waals surface area contributed by atoms with E-state index in [1.54, 1.807) is 0 Å². The summed E-state index contributed by atoms with van der Waals surface area (Å²) in [7, 11) is 0. The third kappa shape index (κ3) is 3.63. The van der Waals surface area contributed by atoms with Gasteiger partial charge in [0.2, 0.25) is 0 Å². The Labute approximate surface area is 202 Å². The molecule has 4 rings (SSSR count). The zero-order valence-electron chi connectivity index (χ0n) is 22.4. The van der Waals surface area contributed by atoms with E-state index >= 15 is 0 Å². The maximum atomic E-state index is 13.9. The molecule has 4 aliphatic carbocycles. The highest BCUT2D eigenvalue weighted by Gasteiger charge is 2.65. The van der Waals surface area contributed by atoms with Gasteiger partial charge in [0.25, 0.3) is 0 Å². The molecule has 0 aromatic carbocycles. The predicted octanol–water partition coefficient (Wildman–Crippen LogP) is 6.63. The molecule has 2 saturated carbocycles. The topological polar surface area (TPSA) is 57.5 Å². The van der Waals surface area contributed by atoms with E-state index in [4.69, 9.17) is 0 Å². The highest BCUT2D eigenvalue weighted by atomic mass is 16.3. The number of aliphatic hydroxyl groups excluding tert-OH is 1. The molecule has 4 aliphatic rings. The normalized spacial score (nSPS) is 43.9. The number of allylic oxidation sites excluding steroid dienone is 3. The van der Waals surface area contributed by atoms with E-state index in [9.17, 15) is 15.0 Å². The van der Waals surface area contributed by atoms with E-state index in [-0.39, 0.29) is 33.7 Å². The fourth-order valence-corrected chi connectivity index (χ4v) is 9.04. The van der Waals surface area contributed by atoms with Crippen LogP contribution in [0.5, 0.6) is 0 Å². The highest BCUT2D eigenvalue weighted by Crippen LogP contribution is 2.71. The Hall–Kier alpha value is -0.930. The summed E-state index contributed by atoms with van der Waals surface area (Å²) in [6.45, 7) is 17.7. The Bertz CT molecular complexity index is 873. The van der Waals surface area contributed by atoms with Crippen molar-refractivity contribution >= 4 is 5.78 Å². The van der Waals surface area contributed by atoms with Crippen LogP contribution in [-0.2, 0) is 4.79 Å². The second-order valence-electron chi connectivity index (χ2n) is 14.0. The molecule has 2 fully saturated rings. The number of carbonyl (C=O) groups is 1. The summed E-state index contributed by atoms with van der Waals surface area (Å²) in [6, 6.07) is 0. The predicted molar refractivity (Wildman–Crippen MR) is 135 cm³/mol. The van der Waals surface area contributed by atoms with Gasteiger partial charge in [-0.15, -0.1) is 0 Å². The van der Waals surface area contributed by atoms with Crippen LogP contribution in [0.2, 0.25) is 0 Å². The lowest BCUT2D eigenvalue weighted by molar-refractivity contribution is -0.134. The molecule has 2 N–H and O–H groups in total. The average Bonchev–Trinajstić information content (AvgIpc) is 2.97. The van der Waals surface area contributed by atoms with Gasteiger partial charge in [-0.1, -0.05) is 59.3 Å². The number of fused-ring (bicyclic) bond motifs is 4. The zero-order chi connectivity index (χ0) is 24.6. The van der Waals surface area contributed by atoms with E-state index in [1.165, 1.54) is 17.6 Å². The fraction of sp³-hybridized carbons (Fsp3) is 0.833. The van der Waals surface area contributed by atoms with Crippen molar-refractivity contribution < 1.29 is 15.0 Å². The first kappa shape index (κ1) is 25.2. The van der Waals surface area contributed by atoms with Crippen LogP contribution in [0.3, 0.4) is 0 Å². The monoisotopic (exact) mass is 456 g/mol. The number of aliphatic hydroxyl groups is 2. The maximum Gasteiger partial charge on any atom is 0.159 e. The molecule has 0 heterocycles. The van der Waals surface area contributed by atoms with Crippen molar-refractivity contribution in [3.05, 3.63) is 23.3 Å². The van der Waals surface area contributed by atoms with Gasteiger partial charge in [0.15, 0.2) is 5.78 Å². The molecule has 0 aromatic heterocycles. The lowest BCUT2D eigenvalue weighted by Gasteiger charge is -2.61.